The van der Waals surface area contributed by atoms with Crippen LogP contribution >= 0.6 is 0 Å². The first-order valence-corrected chi connectivity index (χ1v) is 5.91. The molecule has 0 aliphatic heterocycles. The fraction of sp³-hybridized carbons (Fsp3) is 0.615. The quantitative estimate of drug-likeness (QED) is 0.829. The van der Waals surface area contributed by atoms with Crippen molar-refractivity contribution in [1.82, 2.24) is 4.90 Å². The molecule has 17 heavy (non-hydrogen) atoms. The number of rotatable bonds is 6. The zero-order valence-electron chi connectivity index (χ0n) is 11.0. The molecule has 0 saturated carbocycles. The molecule has 1 rings (SSSR count). The Balaban J connectivity index is 2.57. The highest BCUT2D eigenvalue weighted by Crippen LogP contribution is 2.16. The Morgan fingerprint density at radius 1 is 1.53 bits per heavy atom. The molecule has 96 valence electrons. The van der Waals surface area contributed by atoms with E-state index in [-0.39, 0.29) is 5.76 Å². The monoisotopic (exact) mass is 239 g/mol. The van der Waals surface area contributed by atoms with Gasteiger partial charge in [-0.05, 0) is 38.9 Å². The Morgan fingerprint density at radius 2 is 2.18 bits per heavy atom. The van der Waals surface area contributed by atoms with E-state index >= 15 is 0 Å². The maximum atomic E-state index is 10.8. The number of aryl methyl sites for hydroxylation is 1. The van der Waals surface area contributed by atoms with Gasteiger partial charge in [-0.3, -0.25) is 4.90 Å². The molecular formula is C13H21NO3. The second-order valence-electron chi connectivity index (χ2n) is 4.95. The van der Waals surface area contributed by atoms with Crippen LogP contribution in [-0.2, 0) is 6.54 Å². The SMILES string of the molecule is Cc1cc(CN(C)CCC(C)C)oc1C(=O)O. The van der Waals surface area contributed by atoms with Crippen molar-refractivity contribution < 1.29 is 14.3 Å². The molecule has 0 unspecified atom stereocenters. The maximum absolute atomic E-state index is 10.8. The zero-order chi connectivity index (χ0) is 13.0. The highest BCUT2D eigenvalue weighted by atomic mass is 16.4. The van der Waals surface area contributed by atoms with Crippen molar-refractivity contribution >= 4 is 5.97 Å². The van der Waals surface area contributed by atoms with Crippen molar-refractivity contribution in [3.05, 3.63) is 23.2 Å². The van der Waals surface area contributed by atoms with Crippen molar-refractivity contribution in [1.29, 1.82) is 0 Å². The third-order valence-electron chi connectivity index (χ3n) is 2.68. The summed E-state index contributed by atoms with van der Waals surface area (Å²) in [5.41, 5.74) is 0.685. The van der Waals surface area contributed by atoms with Crippen LogP contribution < -0.4 is 0 Å². The van der Waals surface area contributed by atoms with E-state index in [1.54, 1.807) is 13.0 Å². The Kier molecular flexibility index (Phi) is 4.75. The first-order valence-electron chi connectivity index (χ1n) is 5.91. The van der Waals surface area contributed by atoms with E-state index in [2.05, 4.69) is 18.7 Å². The summed E-state index contributed by atoms with van der Waals surface area (Å²) in [5.74, 6) is 0.437. The summed E-state index contributed by atoms with van der Waals surface area (Å²) in [4.78, 5) is 13.0. The molecule has 0 saturated heterocycles. The van der Waals surface area contributed by atoms with Gasteiger partial charge in [0.2, 0.25) is 5.76 Å². The van der Waals surface area contributed by atoms with E-state index in [9.17, 15) is 4.79 Å². The molecule has 0 bridgehead atoms. The van der Waals surface area contributed by atoms with E-state index in [0.29, 0.717) is 23.8 Å². The average molecular weight is 239 g/mol. The summed E-state index contributed by atoms with van der Waals surface area (Å²) >= 11 is 0. The van der Waals surface area contributed by atoms with Crippen LogP contribution in [0.1, 0.15) is 42.1 Å². The standard InChI is InChI=1S/C13H21NO3/c1-9(2)5-6-14(4)8-11-7-10(3)12(17-11)13(15)16/h7,9H,5-6,8H2,1-4H3,(H,15,16). The predicted octanol–water partition coefficient (Wildman–Crippen LogP) is 2.76. The number of carbonyl (C=O) groups is 1. The number of carboxylic acid groups (broad SMARTS) is 1. The Labute approximate surface area is 102 Å². The molecule has 1 heterocycles. The third-order valence-corrected chi connectivity index (χ3v) is 2.68. The summed E-state index contributed by atoms with van der Waals surface area (Å²) < 4.78 is 5.31. The molecule has 0 aliphatic carbocycles. The summed E-state index contributed by atoms with van der Waals surface area (Å²) in [6.07, 6.45) is 1.13. The van der Waals surface area contributed by atoms with Crippen molar-refractivity contribution in [3.63, 3.8) is 0 Å². The summed E-state index contributed by atoms with van der Waals surface area (Å²) in [5, 5.41) is 8.88. The second kappa shape index (κ2) is 5.87. The van der Waals surface area contributed by atoms with Gasteiger partial charge in [-0.1, -0.05) is 13.8 Å². The van der Waals surface area contributed by atoms with E-state index in [1.807, 2.05) is 7.05 Å². The highest BCUT2D eigenvalue weighted by molar-refractivity contribution is 5.86. The van der Waals surface area contributed by atoms with Crippen LogP contribution in [0.15, 0.2) is 10.5 Å². The van der Waals surface area contributed by atoms with Gasteiger partial charge >= 0.3 is 5.97 Å². The van der Waals surface area contributed by atoms with Crippen LogP contribution in [0, 0.1) is 12.8 Å². The minimum atomic E-state index is -1.00. The lowest BCUT2D eigenvalue weighted by molar-refractivity contribution is 0.0657. The Hall–Kier alpha value is -1.29. The van der Waals surface area contributed by atoms with Crippen molar-refractivity contribution in [2.45, 2.75) is 33.7 Å². The maximum Gasteiger partial charge on any atom is 0.372 e. The Morgan fingerprint density at radius 3 is 2.65 bits per heavy atom. The van der Waals surface area contributed by atoms with Gasteiger partial charge in [0.05, 0.1) is 6.54 Å². The number of carboxylic acids is 1. The fourth-order valence-corrected chi connectivity index (χ4v) is 1.66. The van der Waals surface area contributed by atoms with Crippen LogP contribution in [0.2, 0.25) is 0 Å². The van der Waals surface area contributed by atoms with E-state index in [0.717, 1.165) is 13.0 Å². The third kappa shape index (κ3) is 4.23. The van der Waals surface area contributed by atoms with E-state index in [4.69, 9.17) is 9.52 Å². The van der Waals surface area contributed by atoms with E-state index in [1.165, 1.54) is 0 Å². The minimum absolute atomic E-state index is 0.0530. The molecule has 0 atom stereocenters. The average Bonchev–Trinajstić information content (AvgIpc) is 2.56. The largest absolute Gasteiger partial charge is 0.475 e. The number of hydrogen-bond acceptors (Lipinski definition) is 3. The van der Waals surface area contributed by atoms with Crippen LogP contribution in [0.25, 0.3) is 0 Å². The number of furan rings is 1. The first-order chi connectivity index (χ1) is 7.90. The molecule has 1 N–H and O–H groups in total. The molecule has 0 amide bonds. The van der Waals surface area contributed by atoms with Gasteiger partial charge in [-0.2, -0.15) is 0 Å². The minimum Gasteiger partial charge on any atom is -0.475 e. The topological polar surface area (TPSA) is 53.7 Å². The lowest BCUT2D eigenvalue weighted by Crippen LogP contribution is -2.20. The Bertz CT molecular complexity index is 382. The highest BCUT2D eigenvalue weighted by Gasteiger charge is 2.15. The van der Waals surface area contributed by atoms with Gasteiger partial charge in [-0.25, -0.2) is 4.79 Å². The van der Waals surface area contributed by atoms with Gasteiger partial charge in [-0.15, -0.1) is 0 Å². The lowest BCUT2D eigenvalue weighted by atomic mass is 10.1. The smallest absolute Gasteiger partial charge is 0.372 e. The van der Waals surface area contributed by atoms with Crippen molar-refractivity contribution in [3.8, 4) is 0 Å². The summed E-state index contributed by atoms with van der Waals surface area (Å²) in [7, 11) is 2.01. The zero-order valence-corrected chi connectivity index (χ0v) is 11.0. The molecule has 0 fully saturated rings. The van der Waals surface area contributed by atoms with Crippen LogP contribution in [0.5, 0.6) is 0 Å². The number of hydrogen-bond donors (Lipinski definition) is 1. The molecule has 4 heteroatoms. The van der Waals surface area contributed by atoms with Gasteiger partial charge < -0.3 is 9.52 Å². The number of aromatic carboxylic acids is 1. The normalized spacial score (nSPS) is 11.4. The molecular weight excluding hydrogens is 218 g/mol. The van der Waals surface area contributed by atoms with Crippen LogP contribution in [-0.4, -0.2) is 29.6 Å². The molecule has 4 nitrogen and oxygen atoms in total. The molecule has 1 aromatic heterocycles. The van der Waals surface area contributed by atoms with Gasteiger partial charge in [0.15, 0.2) is 0 Å². The molecule has 0 radical (unpaired) electrons. The van der Waals surface area contributed by atoms with Crippen LogP contribution in [0.3, 0.4) is 0 Å². The summed E-state index contributed by atoms with van der Waals surface area (Å²) in [6.45, 7) is 7.77. The molecule has 0 aromatic carbocycles. The van der Waals surface area contributed by atoms with Crippen molar-refractivity contribution in [2.24, 2.45) is 5.92 Å². The van der Waals surface area contributed by atoms with Gasteiger partial charge in [0.25, 0.3) is 0 Å². The molecule has 0 spiro atoms. The molecule has 1 aromatic rings. The van der Waals surface area contributed by atoms with Crippen molar-refractivity contribution in [2.75, 3.05) is 13.6 Å². The second-order valence-corrected chi connectivity index (χ2v) is 4.95. The first kappa shape index (κ1) is 13.8. The van der Waals surface area contributed by atoms with Gasteiger partial charge in [0.1, 0.15) is 5.76 Å². The van der Waals surface area contributed by atoms with E-state index < -0.39 is 5.97 Å². The lowest BCUT2D eigenvalue weighted by Gasteiger charge is -2.16. The fourth-order valence-electron chi connectivity index (χ4n) is 1.66. The predicted molar refractivity (Wildman–Crippen MR) is 66.2 cm³/mol. The van der Waals surface area contributed by atoms with Gasteiger partial charge in [0, 0.05) is 5.56 Å². The van der Waals surface area contributed by atoms with Crippen LogP contribution in [0.4, 0.5) is 0 Å². The number of nitrogens with zero attached hydrogens (tertiary/aromatic N) is 1. The molecule has 0 aliphatic rings. The summed E-state index contributed by atoms with van der Waals surface area (Å²) in [6, 6.07) is 1.80.